The Morgan fingerprint density at radius 3 is 2.68 bits per heavy atom. The molecule has 1 fully saturated rings. The molecule has 0 saturated carbocycles. The fourth-order valence-electron chi connectivity index (χ4n) is 2.29. The molecule has 0 spiro atoms. The van der Waals surface area contributed by atoms with E-state index < -0.39 is 0 Å². The molecule has 0 amide bonds. The molecule has 0 aliphatic carbocycles. The van der Waals surface area contributed by atoms with Crippen LogP contribution in [0.4, 0.5) is 0 Å². The normalized spacial score (nSPS) is 17.8. The van der Waals surface area contributed by atoms with E-state index in [0.717, 1.165) is 58.0 Å². The Bertz CT molecular complexity index is 253. The van der Waals surface area contributed by atoms with E-state index in [2.05, 4.69) is 30.3 Å². The number of ether oxygens (including phenoxy) is 1. The van der Waals surface area contributed by atoms with Crippen molar-refractivity contribution in [3.63, 3.8) is 0 Å². The van der Waals surface area contributed by atoms with Gasteiger partial charge in [0.25, 0.3) is 0 Å². The summed E-state index contributed by atoms with van der Waals surface area (Å²) in [4.78, 5) is 7.10. The van der Waals surface area contributed by atoms with Crippen LogP contribution in [0.5, 0.6) is 0 Å². The molecule has 19 heavy (non-hydrogen) atoms. The van der Waals surface area contributed by atoms with Crippen molar-refractivity contribution in [2.45, 2.75) is 39.2 Å². The van der Waals surface area contributed by atoms with Crippen LogP contribution in [0.25, 0.3) is 0 Å². The molecule has 0 radical (unpaired) electrons. The number of nitrogens with zero attached hydrogens (tertiary/aromatic N) is 2. The van der Waals surface area contributed by atoms with Crippen molar-refractivity contribution in [1.82, 2.24) is 10.2 Å². The lowest BCUT2D eigenvalue weighted by atomic mass is 10.1. The maximum Gasteiger partial charge on any atom is 0.193 e. The highest BCUT2D eigenvalue weighted by Crippen LogP contribution is 2.13. The average molecular weight is 287 g/mol. The van der Waals surface area contributed by atoms with E-state index in [1.165, 1.54) is 5.75 Å². The Kier molecular flexibility index (Phi) is 9.08. The lowest BCUT2D eigenvalue weighted by molar-refractivity contribution is 0.0264. The number of thioether (sulfide) groups is 1. The Labute approximate surface area is 122 Å². The first kappa shape index (κ1) is 16.6. The molecule has 0 aromatic heterocycles. The molecular weight excluding hydrogens is 258 g/mol. The minimum absolute atomic E-state index is 0.445. The van der Waals surface area contributed by atoms with Crippen LogP contribution in [0.3, 0.4) is 0 Å². The quantitative estimate of drug-likeness (QED) is 0.442. The topological polar surface area (TPSA) is 36.9 Å². The molecule has 1 aliphatic heterocycles. The zero-order valence-corrected chi connectivity index (χ0v) is 13.5. The van der Waals surface area contributed by atoms with Crippen molar-refractivity contribution in [3.8, 4) is 0 Å². The minimum Gasteiger partial charge on any atom is -0.378 e. The predicted octanol–water partition coefficient (Wildman–Crippen LogP) is 2.21. The summed E-state index contributed by atoms with van der Waals surface area (Å²) in [6, 6.07) is 0. The van der Waals surface area contributed by atoms with Gasteiger partial charge in [-0.3, -0.25) is 4.99 Å². The van der Waals surface area contributed by atoms with Crippen molar-refractivity contribution >= 4 is 17.7 Å². The van der Waals surface area contributed by atoms with Crippen LogP contribution in [-0.2, 0) is 4.74 Å². The third kappa shape index (κ3) is 6.52. The third-order valence-electron chi connectivity index (χ3n) is 3.25. The minimum atomic E-state index is 0.445. The van der Waals surface area contributed by atoms with E-state index in [1.807, 2.05) is 11.8 Å². The van der Waals surface area contributed by atoms with Crippen LogP contribution in [0.2, 0.25) is 0 Å². The zero-order valence-electron chi connectivity index (χ0n) is 12.7. The van der Waals surface area contributed by atoms with E-state index in [0.29, 0.717) is 6.10 Å². The molecule has 4 nitrogen and oxygen atoms in total. The van der Waals surface area contributed by atoms with Crippen LogP contribution in [-0.4, -0.2) is 61.8 Å². The maximum atomic E-state index is 5.69. The van der Waals surface area contributed by atoms with Crippen LogP contribution in [0.15, 0.2) is 4.99 Å². The Hall–Kier alpha value is -0.420. The third-order valence-corrected chi connectivity index (χ3v) is 3.94. The Morgan fingerprint density at radius 2 is 2.11 bits per heavy atom. The number of hydrogen-bond donors (Lipinski definition) is 1. The van der Waals surface area contributed by atoms with Gasteiger partial charge in [-0.25, -0.2) is 0 Å². The van der Waals surface area contributed by atoms with Crippen LogP contribution in [0.1, 0.15) is 33.1 Å². The van der Waals surface area contributed by atoms with Gasteiger partial charge < -0.3 is 15.0 Å². The summed E-state index contributed by atoms with van der Waals surface area (Å²) in [5.74, 6) is 2.27. The summed E-state index contributed by atoms with van der Waals surface area (Å²) in [6.07, 6.45) is 5.98. The van der Waals surface area contributed by atoms with E-state index in [9.17, 15) is 0 Å². The van der Waals surface area contributed by atoms with Gasteiger partial charge in [0, 0.05) is 32.8 Å². The summed E-state index contributed by atoms with van der Waals surface area (Å²) < 4.78 is 5.69. The summed E-state index contributed by atoms with van der Waals surface area (Å²) in [6.45, 7) is 9.00. The summed E-state index contributed by atoms with van der Waals surface area (Å²) >= 11 is 1.89. The Morgan fingerprint density at radius 1 is 1.37 bits per heavy atom. The largest absolute Gasteiger partial charge is 0.378 e. The molecule has 0 aromatic carbocycles. The Balaban J connectivity index is 2.39. The van der Waals surface area contributed by atoms with Crippen LogP contribution >= 0.6 is 11.8 Å². The van der Waals surface area contributed by atoms with Gasteiger partial charge in [0.2, 0.25) is 0 Å². The lowest BCUT2D eigenvalue weighted by Crippen LogP contribution is -2.47. The number of nitrogens with one attached hydrogen (secondary N) is 1. The number of aliphatic imine (C=N–C) groups is 1. The molecule has 0 atom stereocenters. The highest BCUT2D eigenvalue weighted by Gasteiger charge is 2.21. The molecule has 0 bridgehead atoms. The molecule has 1 N–H and O–H groups in total. The number of piperidine rings is 1. The second-order valence-corrected chi connectivity index (χ2v) is 5.71. The van der Waals surface area contributed by atoms with Crippen molar-refractivity contribution in [1.29, 1.82) is 0 Å². The van der Waals surface area contributed by atoms with Crippen molar-refractivity contribution in [3.05, 3.63) is 0 Å². The summed E-state index contributed by atoms with van der Waals surface area (Å²) in [5, 5.41) is 3.40. The molecule has 1 aliphatic rings. The van der Waals surface area contributed by atoms with E-state index in [-0.39, 0.29) is 0 Å². The van der Waals surface area contributed by atoms with Crippen LogP contribution in [0, 0.1) is 0 Å². The second kappa shape index (κ2) is 10.4. The van der Waals surface area contributed by atoms with Gasteiger partial charge in [-0.1, -0.05) is 0 Å². The molecular formula is C14H29N3OS. The number of likely N-dealkylation sites (tertiary alicyclic amines) is 1. The molecule has 1 saturated heterocycles. The summed E-state index contributed by atoms with van der Waals surface area (Å²) in [5.41, 5.74) is 0. The smallest absolute Gasteiger partial charge is 0.193 e. The number of hydrogen-bond acceptors (Lipinski definition) is 3. The number of rotatable bonds is 7. The van der Waals surface area contributed by atoms with Crippen LogP contribution < -0.4 is 5.32 Å². The summed E-state index contributed by atoms with van der Waals surface area (Å²) in [7, 11) is 0. The fourth-order valence-corrected chi connectivity index (χ4v) is 2.71. The average Bonchev–Trinajstić information content (AvgIpc) is 2.44. The van der Waals surface area contributed by atoms with Gasteiger partial charge in [-0.05, 0) is 45.1 Å². The highest BCUT2D eigenvalue weighted by molar-refractivity contribution is 7.98. The van der Waals surface area contributed by atoms with Crippen molar-refractivity contribution in [2.24, 2.45) is 4.99 Å². The van der Waals surface area contributed by atoms with Gasteiger partial charge in [-0.15, -0.1) is 0 Å². The SMILES string of the molecule is CCNC(=NCCCSC)N1CCC(OCC)CC1. The van der Waals surface area contributed by atoms with Gasteiger partial charge >= 0.3 is 0 Å². The van der Waals surface area contributed by atoms with E-state index in [1.54, 1.807) is 0 Å². The molecule has 1 heterocycles. The van der Waals surface area contributed by atoms with Crippen molar-refractivity contribution < 1.29 is 4.74 Å². The van der Waals surface area contributed by atoms with Gasteiger partial charge in [0.1, 0.15) is 0 Å². The zero-order chi connectivity index (χ0) is 13.9. The fraction of sp³-hybridized carbons (Fsp3) is 0.929. The second-order valence-electron chi connectivity index (χ2n) is 4.72. The first-order chi connectivity index (χ1) is 9.31. The lowest BCUT2D eigenvalue weighted by Gasteiger charge is -2.34. The molecule has 5 heteroatoms. The first-order valence-electron chi connectivity index (χ1n) is 7.45. The standard InChI is InChI=1S/C14H29N3OS/c1-4-15-14(16-9-6-12-19-3)17-10-7-13(8-11-17)18-5-2/h13H,4-12H2,1-3H3,(H,15,16). The van der Waals surface area contributed by atoms with Gasteiger partial charge in [0.15, 0.2) is 5.96 Å². The number of guanidine groups is 1. The van der Waals surface area contributed by atoms with Crippen molar-refractivity contribution in [2.75, 3.05) is 44.8 Å². The monoisotopic (exact) mass is 287 g/mol. The molecule has 112 valence electrons. The molecule has 0 aromatic rings. The highest BCUT2D eigenvalue weighted by atomic mass is 32.2. The first-order valence-corrected chi connectivity index (χ1v) is 8.85. The predicted molar refractivity (Wildman–Crippen MR) is 85.2 cm³/mol. The van der Waals surface area contributed by atoms with E-state index in [4.69, 9.17) is 9.73 Å². The molecule has 1 rings (SSSR count). The van der Waals surface area contributed by atoms with Gasteiger partial charge in [-0.2, -0.15) is 11.8 Å². The maximum absolute atomic E-state index is 5.69. The van der Waals surface area contributed by atoms with Gasteiger partial charge in [0.05, 0.1) is 6.10 Å². The molecule has 0 unspecified atom stereocenters. The van der Waals surface area contributed by atoms with E-state index >= 15 is 0 Å².